The second-order valence-electron chi connectivity index (χ2n) is 6.68. The van der Waals surface area contributed by atoms with Crippen LogP contribution in [-0.2, 0) is 20.7 Å². The average molecular weight is 407 g/mol. The monoisotopic (exact) mass is 407 g/mol. The van der Waals surface area contributed by atoms with Crippen LogP contribution in [0.25, 0.3) is 10.8 Å². The fraction of sp³-hybridized carbons (Fsp3) is 0.227. The number of ketones is 1. The summed E-state index contributed by atoms with van der Waals surface area (Å²) in [6, 6.07) is 13.2. The summed E-state index contributed by atoms with van der Waals surface area (Å²) in [4.78, 5) is 47.8. The SMILES string of the molecule is CCCC(=O)Nc1ccc(C(=O)COC(=O)Cc2n[nH]c(=O)c3ccccc23)cc1. The van der Waals surface area contributed by atoms with Gasteiger partial charge in [0.25, 0.3) is 5.56 Å². The Morgan fingerprint density at radius 2 is 1.73 bits per heavy atom. The van der Waals surface area contributed by atoms with Gasteiger partial charge < -0.3 is 10.1 Å². The lowest BCUT2D eigenvalue weighted by molar-refractivity contribution is -0.141. The summed E-state index contributed by atoms with van der Waals surface area (Å²) in [5, 5.41) is 10.0. The van der Waals surface area contributed by atoms with Crippen LogP contribution >= 0.6 is 0 Å². The molecule has 0 fully saturated rings. The number of anilines is 1. The van der Waals surface area contributed by atoms with Gasteiger partial charge >= 0.3 is 5.97 Å². The molecule has 0 radical (unpaired) electrons. The zero-order chi connectivity index (χ0) is 21.5. The van der Waals surface area contributed by atoms with Crippen LogP contribution < -0.4 is 10.9 Å². The fourth-order valence-corrected chi connectivity index (χ4v) is 2.91. The molecule has 30 heavy (non-hydrogen) atoms. The standard InChI is InChI=1S/C22H21N3O5/c1-2-5-20(27)23-15-10-8-14(9-11-15)19(26)13-30-21(28)12-18-16-6-3-4-7-17(16)22(29)25-24-18/h3-4,6-11H,2,5,12-13H2,1H3,(H,23,27)(H,25,29). The third kappa shape index (κ3) is 5.16. The van der Waals surface area contributed by atoms with Crippen molar-refractivity contribution < 1.29 is 19.1 Å². The highest BCUT2D eigenvalue weighted by atomic mass is 16.5. The molecule has 0 unspecified atom stereocenters. The van der Waals surface area contributed by atoms with Crippen LogP contribution in [0.15, 0.2) is 53.3 Å². The Morgan fingerprint density at radius 3 is 2.43 bits per heavy atom. The fourth-order valence-electron chi connectivity index (χ4n) is 2.91. The third-order valence-corrected chi connectivity index (χ3v) is 4.42. The number of aromatic nitrogens is 2. The van der Waals surface area contributed by atoms with Gasteiger partial charge in [-0.15, -0.1) is 0 Å². The summed E-state index contributed by atoms with van der Waals surface area (Å²) in [6.07, 6.45) is 1.00. The lowest BCUT2D eigenvalue weighted by atomic mass is 10.1. The lowest BCUT2D eigenvalue weighted by Gasteiger charge is -2.07. The van der Waals surface area contributed by atoms with Crippen LogP contribution in [0.4, 0.5) is 5.69 Å². The number of fused-ring (bicyclic) bond motifs is 1. The smallest absolute Gasteiger partial charge is 0.312 e. The summed E-state index contributed by atoms with van der Waals surface area (Å²) < 4.78 is 5.08. The molecule has 0 atom stereocenters. The van der Waals surface area contributed by atoms with Crippen molar-refractivity contribution in [3.8, 4) is 0 Å². The molecule has 3 rings (SSSR count). The van der Waals surface area contributed by atoms with Gasteiger partial charge in [-0.3, -0.25) is 19.2 Å². The van der Waals surface area contributed by atoms with Crippen LogP contribution in [0.3, 0.4) is 0 Å². The van der Waals surface area contributed by atoms with Gasteiger partial charge in [0.05, 0.1) is 17.5 Å². The van der Waals surface area contributed by atoms with E-state index in [1.165, 1.54) is 0 Å². The van der Waals surface area contributed by atoms with E-state index in [1.807, 2.05) is 6.92 Å². The number of Topliss-reactive ketones (excluding diaryl/α,β-unsaturated/α-hetero) is 1. The van der Waals surface area contributed by atoms with E-state index >= 15 is 0 Å². The van der Waals surface area contributed by atoms with Crippen LogP contribution in [0.5, 0.6) is 0 Å². The van der Waals surface area contributed by atoms with E-state index in [4.69, 9.17) is 4.74 Å². The van der Waals surface area contributed by atoms with E-state index in [2.05, 4.69) is 15.5 Å². The van der Waals surface area contributed by atoms with Crippen molar-refractivity contribution in [1.82, 2.24) is 10.2 Å². The average Bonchev–Trinajstić information content (AvgIpc) is 2.75. The number of nitrogens with zero attached hydrogens (tertiary/aromatic N) is 1. The molecule has 0 aliphatic rings. The van der Waals surface area contributed by atoms with Gasteiger partial charge in [-0.2, -0.15) is 5.10 Å². The maximum absolute atomic E-state index is 12.3. The van der Waals surface area contributed by atoms with E-state index in [0.29, 0.717) is 34.1 Å². The van der Waals surface area contributed by atoms with Crippen molar-refractivity contribution in [2.24, 2.45) is 0 Å². The van der Waals surface area contributed by atoms with Crippen LogP contribution in [0, 0.1) is 0 Å². The number of rotatable bonds is 8. The zero-order valence-corrected chi connectivity index (χ0v) is 16.4. The van der Waals surface area contributed by atoms with Crippen molar-refractivity contribution in [1.29, 1.82) is 0 Å². The molecule has 0 bridgehead atoms. The molecule has 154 valence electrons. The molecular weight excluding hydrogens is 386 g/mol. The highest BCUT2D eigenvalue weighted by Crippen LogP contribution is 2.14. The third-order valence-electron chi connectivity index (χ3n) is 4.42. The first kappa shape index (κ1) is 20.9. The molecule has 0 spiro atoms. The topological polar surface area (TPSA) is 118 Å². The van der Waals surface area contributed by atoms with Gasteiger partial charge in [-0.25, -0.2) is 5.10 Å². The normalized spacial score (nSPS) is 10.6. The van der Waals surface area contributed by atoms with Crippen molar-refractivity contribution in [2.45, 2.75) is 26.2 Å². The Morgan fingerprint density at radius 1 is 1.03 bits per heavy atom. The van der Waals surface area contributed by atoms with E-state index in [1.54, 1.807) is 48.5 Å². The summed E-state index contributed by atoms with van der Waals surface area (Å²) in [7, 11) is 0. The molecule has 1 amide bonds. The zero-order valence-electron chi connectivity index (χ0n) is 16.4. The van der Waals surface area contributed by atoms with Gasteiger partial charge in [0.15, 0.2) is 12.4 Å². The van der Waals surface area contributed by atoms with E-state index in [9.17, 15) is 19.2 Å². The Balaban J connectivity index is 1.57. The summed E-state index contributed by atoms with van der Waals surface area (Å²) in [5.41, 5.74) is 0.990. The summed E-state index contributed by atoms with van der Waals surface area (Å²) in [6.45, 7) is 1.50. The largest absolute Gasteiger partial charge is 0.457 e. The second kappa shape index (κ2) is 9.60. The van der Waals surface area contributed by atoms with Gasteiger partial charge in [0.1, 0.15) is 0 Å². The molecule has 1 heterocycles. The molecule has 0 saturated carbocycles. The number of carbonyl (C=O) groups excluding carboxylic acids is 3. The quantitative estimate of drug-likeness (QED) is 0.438. The molecule has 1 aromatic heterocycles. The predicted molar refractivity (Wildman–Crippen MR) is 111 cm³/mol. The number of ether oxygens (including phenoxy) is 1. The molecule has 2 aromatic carbocycles. The maximum Gasteiger partial charge on any atom is 0.312 e. The van der Waals surface area contributed by atoms with Crippen molar-refractivity contribution in [2.75, 3.05) is 11.9 Å². The number of carbonyl (C=O) groups is 3. The second-order valence-corrected chi connectivity index (χ2v) is 6.68. The highest BCUT2D eigenvalue weighted by molar-refractivity contribution is 5.99. The number of benzene rings is 2. The van der Waals surface area contributed by atoms with Crippen molar-refractivity contribution >= 4 is 34.1 Å². The van der Waals surface area contributed by atoms with Crippen LogP contribution in [0.1, 0.15) is 35.8 Å². The molecule has 0 saturated heterocycles. The van der Waals surface area contributed by atoms with Gasteiger partial charge in [0, 0.05) is 23.1 Å². The van der Waals surface area contributed by atoms with Crippen LogP contribution in [-0.4, -0.2) is 34.5 Å². The molecule has 3 aromatic rings. The number of hydrogen-bond donors (Lipinski definition) is 2. The minimum absolute atomic E-state index is 0.0890. The summed E-state index contributed by atoms with van der Waals surface area (Å²) >= 11 is 0. The Bertz CT molecular complexity index is 1140. The first-order chi connectivity index (χ1) is 14.5. The van der Waals surface area contributed by atoms with E-state index in [0.717, 1.165) is 6.42 Å². The number of esters is 1. The van der Waals surface area contributed by atoms with Gasteiger partial charge in [0.2, 0.25) is 5.91 Å². The number of H-pyrrole nitrogens is 1. The molecule has 0 aliphatic heterocycles. The minimum Gasteiger partial charge on any atom is -0.457 e. The Kier molecular flexibility index (Phi) is 6.69. The van der Waals surface area contributed by atoms with Gasteiger partial charge in [-0.1, -0.05) is 25.1 Å². The summed E-state index contributed by atoms with van der Waals surface area (Å²) in [5.74, 6) is -1.08. The molecule has 8 heteroatoms. The molecule has 2 N–H and O–H groups in total. The number of aromatic amines is 1. The van der Waals surface area contributed by atoms with Gasteiger partial charge in [-0.05, 0) is 36.8 Å². The lowest BCUT2D eigenvalue weighted by Crippen LogP contribution is -2.18. The van der Waals surface area contributed by atoms with E-state index < -0.39 is 12.6 Å². The van der Waals surface area contributed by atoms with E-state index in [-0.39, 0.29) is 23.7 Å². The highest BCUT2D eigenvalue weighted by Gasteiger charge is 2.14. The molecule has 8 nitrogen and oxygen atoms in total. The first-order valence-electron chi connectivity index (χ1n) is 9.53. The Labute approximate surface area is 172 Å². The maximum atomic E-state index is 12.3. The number of hydrogen-bond acceptors (Lipinski definition) is 6. The minimum atomic E-state index is -0.628. The van der Waals surface area contributed by atoms with Crippen molar-refractivity contribution in [3.63, 3.8) is 0 Å². The molecular formula is C22H21N3O5. The first-order valence-corrected chi connectivity index (χ1v) is 9.53. The molecule has 0 aliphatic carbocycles. The van der Waals surface area contributed by atoms with Crippen molar-refractivity contribution in [3.05, 3.63) is 70.1 Å². The van der Waals surface area contributed by atoms with Crippen LogP contribution in [0.2, 0.25) is 0 Å². The number of amides is 1. The number of nitrogens with one attached hydrogen (secondary N) is 2. The Hall–Kier alpha value is -3.81. The predicted octanol–water partition coefficient (Wildman–Crippen LogP) is 2.63.